The summed E-state index contributed by atoms with van der Waals surface area (Å²) < 4.78 is 5.14. The van der Waals surface area contributed by atoms with E-state index in [1.807, 2.05) is 30.3 Å². The van der Waals surface area contributed by atoms with Crippen LogP contribution in [0.2, 0.25) is 0 Å². The van der Waals surface area contributed by atoms with Crippen molar-refractivity contribution in [3.05, 3.63) is 35.9 Å². The highest BCUT2D eigenvalue weighted by atomic mass is 16.5. The molecule has 1 aliphatic rings. The van der Waals surface area contributed by atoms with Crippen LogP contribution in [0.25, 0.3) is 0 Å². The Hall–Kier alpha value is -1.39. The van der Waals surface area contributed by atoms with Crippen LogP contribution in [-0.2, 0) is 15.1 Å². The average Bonchev–Trinajstić information content (AvgIpc) is 3.23. The Morgan fingerprint density at radius 1 is 1.45 bits per heavy atom. The fourth-order valence-corrected chi connectivity index (χ4v) is 2.44. The zero-order valence-corrected chi connectivity index (χ0v) is 12.1. The maximum Gasteiger partial charge on any atom is 0.223 e. The molecule has 4 heteroatoms. The van der Waals surface area contributed by atoms with Crippen molar-refractivity contribution in [2.75, 3.05) is 13.7 Å². The van der Waals surface area contributed by atoms with Gasteiger partial charge >= 0.3 is 0 Å². The predicted octanol–water partition coefficient (Wildman–Crippen LogP) is 1.83. The van der Waals surface area contributed by atoms with E-state index in [-0.39, 0.29) is 18.4 Å². The fourth-order valence-electron chi connectivity index (χ4n) is 2.44. The molecule has 2 unspecified atom stereocenters. The minimum Gasteiger partial charge on any atom is -0.385 e. The maximum absolute atomic E-state index is 12.1. The number of hydrogen-bond donors (Lipinski definition) is 2. The van der Waals surface area contributed by atoms with E-state index < -0.39 is 5.60 Å². The summed E-state index contributed by atoms with van der Waals surface area (Å²) >= 11 is 0. The largest absolute Gasteiger partial charge is 0.385 e. The quantitative estimate of drug-likeness (QED) is 0.799. The fraction of sp³-hybridized carbons (Fsp3) is 0.562. The van der Waals surface area contributed by atoms with Crippen LogP contribution in [0.15, 0.2) is 30.3 Å². The van der Waals surface area contributed by atoms with Gasteiger partial charge in [-0.1, -0.05) is 30.3 Å². The molecule has 0 radical (unpaired) electrons. The van der Waals surface area contributed by atoms with Gasteiger partial charge < -0.3 is 15.2 Å². The number of carbonyl (C=O) groups is 1. The van der Waals surface area contributed by atoms with Crippen molar-refractivity contribution in [1.82, 2.24) is 5.32 Å². The highest BCUT2D eigenvalue weighted by Crippen LogP contribution is 2.33. The van der Waals surface area contributed by atoms with E-state index in [0.717, 1.165) is 18.4 Å². The molecule has 4 nitrogen and oxygen atoms in total. The first-order chi connectivity index (χ1) is 9.53. The Bertz CT molecular complexity index is 440. The van der Waals surface area contributed by atoms with Crippen LogP contribution in [0.4, 0.5) is 0 Å². The first kappa shape index (κ1) is 15.0. The smallest absolute Gasteiger partial charge is 0.223 e. The Morgan fingerprint density at radius 3 is 2.65 bits per heavy atom. The number of carbonyl (C=O) groups excluding carboxylic acids is 1. The van der Waals surface area contributed by atoms with E-state index in [1.165, 1.54) is 0 Å². The molecule has 1 amide bonds. The van der Waals surface area contributed by atoms with E-state index >= 15 is 0 Å². The zero-order chi connectivity index (χ0) is 14.6. The highest BCUT2D eigenvalue weighted by molar-refractivity contribution is 5.77. The number of benzene rings is 1. The summed E-state index contributed by atoms with van der Waals surface area (Å²) in [6, 6.07) is 9.35. The summed E-state index contributed by atoms with van der Waals surface area (Å²) in [4.78, 5) is 12.1. The predicted molar refractivity (Wildman–Crippen MR) is 77.2 cm³/mol. The second-order valence-corrected chi connectivity index (χ2v) is 5.78. The second-order valence-electron chi connectivity index (χ2n) is 5.78. The van der Waals surface area contributed by atoms with Gasteiger partial charge in [0.2, 0.25) is 5.91 Å². The summed E-state index contributed by atoms with van der Waals surface area (Å²) in [5, 5.41) is 13.4. The molecular weight excluding hydrogens is 254 g/mol. The standard InChI is InChI=1S/C16H23NO3/c1-16(19,13-6-4-3-5-7-13)10-15(18)17-14(11-20-2)12-8-9-12/h3-7,12,14,19H,8-11H2,1-2H3,(H,17,18). The normalized spacial score (nSPS) is 19.1. The lowest BCUT2D eigenvalue weighted by molar-refractivity contribution is -0.127. The molecule has 0 aromatic heterocycles. The Balaban J connectivity index is 1.93. The molecule has 2 rings (SSSR count). The van der Waals surface area contributed by atoms with Crippen molar-refractivity contribution in [3.63, 3.8) is 0 Å². The maximum atomic E-state index is 12.1. The van der Waals surface area contributed by atoms with Gasteiger partial charge in [0.1, 0.15) is 0 Å². The summed E-state index contributed by atoms with van der Waals surface area (Å²) in [6.45, 7) is 2.20. The van der Waals surface area contributed by atoms with Gasteiger partial charge in [0, 0.05) is 7.11 Å². The van der Waals surface area contributed by atoms with Crippen LogP contribution in [-0.4, -0.2) is 30.8 Å². The van der Waals surface area contributed by atoms with Crippen molar-refractivity contribution in [3.8, 4) is 0 Å². The van der Waals surface area contributed by atoms with Crippen molar-refractivity contribution < 1.29 is 14.6 Å². The third kappa shape index (κ3) is 4.05. The molecule has 1 fully saturated rings. The third-order valence-corrected chi connectivity index (χ3v) is 3.78. The first-order valence-electron chi connectivity index (χ1n) is 7.09. The number of nitrogens with one attached hydrogen (secondary N) is 1. The molecule has 1 aromatic carbocycles. The number of rotatable bonds is 7. The number of aliphatic hydroxyl groups is 1. The van der Waals surface area contributed by atoms with Gasteiger partial charge in [0.15, 0.2) is 0 Å². The van der Waals surface area contributed by atoms with Crippen LogP contribution in [0.3, 0.4) is 0 Å². The summed E-state index contributed by atoms with van der Waals surface area (Å²) in [6.07, 6.45) is 2.34. The van der Waals surface area contributed by atoms with Gasteiger partial charge in [-0.15, -0.1) is 0 Å². The van der Waals surface area contributed by atoms with Gasteiger partial charge in [-0.05, 0) is 31.2 Å². The zero-order valence-electron chi connectivity index (χ0n) is 12.1. The molecule has 0 aliphatic heterocycles. The minimum absolute atomic E-state index is 0.0595. The molecule has 20 heavy (non-hydrogen) atoms. The molecule has 1 aliphatic carbocycles. The van der Waals surface area contributed by atoms with Gasteiger partial charge in [0.25, 0.3) is 0 Å². The first-order valence-corrected chi connectivity index (χ1v) is 7.09. The molecule has 0 heterocycles. The minimum atomic E-state index is -1.15. The number of ether oxygens (including phenoxy) is 1. The summed E-state index contributed by atoms with van der Waals surface area (Å²) in [5.74, 6) is 0.397. The van der Waals surface area contributed by atoms with Gasteiger partial charge in [-0.2, -0.15) is 0 Å². The van der Waals surface area contributed by atoms with Crippen molar-refractivity contribution >= 4 is 5.91 Å². The molecule has 0 spiro atoms. The van der Waals surface area contributed by atoms with Crippen LogP contribution < -0.4 is 5.32 Å². The number of hydrogen-bond acceptors (Lipinski definition) is 3. The van der Waals surface area contributed by atoms with Crippen molar-refractivity contribution in [2.45, 2.75) is 37.8 Å². The van der Waals surface area contributed by atoms with Gasteiger partial charge in [0.05, 0.1) is 24.7 Å². The molecular formula is C16H23NO3. The van der Waals surface area contributed by atoms with Crippen LogP contribution >= 0.6 is 0 Å². The molecule has 1 saturated carbocycles. The SMILES string of the molecule is COCC(NC(=O)CC(C)(O)c1ccccc1)C1CC1. The monoisotopic (exact) mass is 277 g/mol. The lowest BCUT2D eigenvalue weighted by Gasteiger charge is -2.25. The summed E-state index contributed by atoms with van der Waals surface area (Å²) in [5.41, 5.74) is -0.392. The molecule has 1 aromatic rings. The molecule has 2 N–H and O–H groups in total. The van der Waals surface area contributed by atoms with E-state index in [4.69, 9.17) is 4.74 Å². The summed E-state index contributed by atoms with van der Waals surface area (Å²) in [7, 11) is 1.64. The molecule has 0 saturated heterocycles. The van der Waals surface area contributed by atoms with E-state index in [1.54, 1.807) is 14.0 Å². The van der Waals surface area contributed by atoms with Gasteiger partial charge in [-0.25, -0.2) is 0 Å². The van der Waals surface area contributed by atoms with Crippen LogP contribution in [0.1, 0.15) is 31.7 Å². The molecule has 0 bridgehead atoms. The van der Waals surface area contributed by atoms with E-state index in [2.05, 4.69) is 5.32 Å². The lowest BCUT2D eigenvalue weighted by Crippen LogP contribution is -2.42. The van der Waals surface area contributed by atoms with Crippen molar-refractivity contribution in [1.29, 1.82) is 0 Å². The number of methoxy groups -OCH3 is 1. The topological polar surface area (TPSA) is 58.6 Å². The van der Waals surface area contributed by atoms with E-state index in [9.17, 15) is 9.90 Å². The average molecular weight is 277 g/mol. The van der Waals surface area contributed by atoms with Crippen molar-refractivity contribution in [2.24, 2.45) is 5.92 Å². The Kier molecular flexibility index (Phi) is 4.78. The third-order valence-electron chi connectivity index (χ3n) is 3.78. The van der Waals surface area contributed by atoms with E-state index in [0.29, 0.717) is 12.5 Å². The second kappa shape index (κ2) is 6.37. The number of amides is 1. The van der Waals surface area contributed by atoms with Crippen LogP contribution in [0, 0.1) is 5.92 Å². The molecule has 110 valence electrons. The molecule has 2 atom stereocenters. The van der Waals surface area contributed by atoms with Crippen LogP contribution in [0.5, 0.6) is 0 Å². The Morgan fingerprint density at radius 2 is 2.10 bits per heavy atom. The highest BCUT2D eigenvalue weighted by Gasteiger charge is 2.34. The van der Waals surface area contributed by atoms with Gasteiger partial charge in [-0.3, -0.25) is 4.79 Å². The Labute approximate surface area is 120 Å². The lowest BCUT2D eigenvalue weighted by atomic mass is 9.92.